The number of esters is 1. The highest BCUT2D eigenvalue weighted by atomic mass is 16.5. The number of piperidine rings is 1. The highest BCUT2D eigenvalue weighted by Crippen LogP contribution is 2.16. The van der Waals surface area contributed by atoms with E-state index in [1.165, 1.54) is 13.0 Å². The monoisotopic (exact) mass is 318 g/mol. The Morgan fingerprint density at radius 2 is 1.96 bits per heavy atom. The second-order valence-electron chi connectivity index (χ2n) is 5.90. The van der Waals surface area contributed by atoms with E-state index in [0.29, 0.717) is 17.2 Å². The molecule has 0 unspecified atom stereocenters. The van der Waals surface area contributed by atoms with Crippen LogP contribution in [0.15, 0.2) is 24.3 Å². The predicted molar refractivity (Wildman–Crippen MR) is 86.0 cm³/mol. The number of rotatable bonds is 4. The van der Waals surface area contributed by atoms with Crippen LogP contribution in [-0.4, -0.2) is 42.4 Å². The Morgan fingerprint density at radius 3 is 2.61 bits per heavy atom. The van der Waals surface area contributed by atoms with Crippen molar-refractivity contribution in [1.29, 1.82) is 0 Å². The van der Waals surface area contributed by atoms with E-state index in [-0.39, 0.29) is 18.4 Å². The lowest BCUT2D eigenvalue weighted by molar-refractivity contribution is -0.135. The molecule has 1 heterocycles. The first kappa shape index (κ1) is 17.0. The van der Waals surface area contributed by atoms with E-state index in [4.69, 9.17) is 4.74 Å². The van der Waals surface area contributed by atoms with Crippen molar-refractivity contribution in [3.05, 3.63) is 29.8 Å². The van der Waals surface area contributed by atoms with Crippen LogP contribution in [0.4, 0.5) is 5.69 Å². The molecule has 6 heteroatoms. The van der Waals surface area contributed by atoms with Gasteiger partial charge in [-0.15, -0.1) is 0 Å². The fourth-order valence-electron chi connectivity index (χ4n) is 2.49. The first-order valence-electron chi connectivity index (χ1n) is 7.78. The Labute approximate surface area is 135 Å². The van der Waals surface area contributed by atoms with Crippen molar-refractivity contribution in [1.82, 2.24) is 4.90 Å². The van der Waals surface area contributed by atoms with Gasteiger partial charge in [-0.25, -0.2) is 4.79 Å². The fraction of sp³-hybridized carbons (Fsp3) is 0.471. The third-order valence-corrected chi connectivity index (χ3v) is 3.88. The number of benzene rings is 1. The van der Waals surface area contributed by atoms with Gasteiger partial charge in [-0.3, -0.25) is 9.59 Å². The zero-order valence-electron chi connectivity index (χ0n) is 13.5. The Kier molecular flexibility index (Phi) is 5.73. The summed E-state index contributed by atoms with van der Waals surface area (Å²) >= 11 is 0. The zero-order chi connectivity index (χ0) is 16.8. The molecule has 0 bridgehead atoms. The van der Waals surface area contributed by atoms with Gasteiger partial charge in [-0.2, -0.15) is 0 Å². The number of nitrogens with one attached hydrogen (secondary N) is 1. The van der Waals surface area contributed by atoms with Crippen molar-refractivity contribution in [2.75, 3.05) is 25.0 Å². The number of carbonyl (C=O) groups excluding carboxylic acids is 3. The van der Waals surface area contributed by atoms with Crippen LogP contribution in [0.5, 0.6) is 0 Å². The quantitative estimate of drug-likeness (QED) is 0.862. The average molecular weight is 318 g/mol. The first-order valence-corrected chi connectivity index (χ1v) is 7.78. The molecular weight excluding hydrogens is 296 g/mol. The molecule has 124 valence electrons. The van der Waals surface area contributed by atoms with Crippen LogP contribution in [0.3, 0.4) is 0 Å². The number of amides is 2. The second-order valence-corrected chi connectivity index (χ2v) is 5.90. The van der Waals surface area contributed by atoms with Crippen LogP contribution in [-0.2, 0) is 14.3 Å². The lowest BCUT2D eigenvalue weighted by Gasteiger charge is -2.30. The molecule has 0 aliphatic carbocycles. The number of carbonyl (C=O) groups is 3. The Morgan fingerprint density at radius 1 is 1.26 bits per heavy atom. The maximum atomic E-state index is 12.0. The molecule has 1 saturated heterocycles. The summed E-state index contributed by atoms with van der Waals surface area (Å²) in [6, 6.07) is 6.44. The molecule has 1 aromatic rings. The summed E-state index contributed by atoms with van der Waals surface area (Å²) in [7, 11) is 0. The van der Waals surface area contributed by atoms with Gasteiger partial charge < -0.3 is 15.0 Å². The number of nitrogens with zero attached hydrogens (tertiary/aromatic N) is 1. The van der Waals surface area contributed by atoms with Crippen molar-refractivity contribution < 1.29 is 19.1 Å². The first-order chi connectivity index (χ1) is 11.0. The third kappa shape index (κ3) is 5.09. The largest absolute Gasteiger partial charge is 0.452 e. The lowest BCUT2D eigenvalue weighted by Crippen LogP contribution is -2.40. The number of anilines is 1. The van der Waals surface area contributed by atoms with E-state index in [1.54, 1.807) is 23.1 Å². The van der Waals surface area contributed by atoms with Crippen molar-refractivity contribution in [2.24, 2.45) is 5.92 Å². The van der Waals surface area contributed by atoms with Crippen molar-refractivity contribution in [2.45, 2.75) is 26.7 Å². The molecule has 1 fully saturated rings. The summed E-state index contributed by atoms with van der Waals surface area (Å²) in [6.07, 6.45) is 1.97. The molecule has 1 aromatic carbocycles. The number of likely N-dealkylation sites (tertiary alicyclic amines) is 1. The molecule has 0 spiro atoms. The van der Waals surface area contributed by atoms with Crippen LogP contribution < -0.4 is 5.32 Å². The molecule has 0 saturated carbocycles. The van der Waals surface area contributed by atoms with Gasteiger partial charge in [0.1, 0.15) is 0 Å². The predicted octanol–water partition coefficient (Wildman–Crippen LogP) is 2.06. The van der Waals surface area contributed by atoms with Gasteiger partial charge in [0.15, 0.2) is 6.61 Å². The molecule has 2 amide bonds. The minimum Gasteiger partial charge on any atom is -0.452 e. The lowest BCUT2D eigenvalue weighted by atomic mass is 9.99. The van der Waals surface area contributed by atoms with Crippen LogP contribution in [0, 0.1) is 5.92 Å². The van der Waals surface area contributed by atoms with Gasteiger partial charge in [-0.1, -0.05) is 13.0 Å². The highest BCUT2D eigenvalue weighted by molar-refractivity contribution is 5.94. The molecule has 2 rings (SSSR count). The molecule has 6 nitrogen and oxygen atoms in total. The molecule has 0 radical (unpaired) electrons. The maximum Gasteiger partial charge on any atom is 0.338 e. The topological polar surface area (TPSA) is 75.7 Å². The van der Waals surface area contributed by atoms with Gasteiger partial charge in [0, 0.05) is 25.7 Å². The summed E-state index contributed by atoms with van der Waals surface area (Å²) in [5, 5.41) is 2.60. The Bertz CT molecular complexity index is 592. The van der Waals surface area contributed by atoms with E-state index < -0.39 is 5.97 Å². The van der Waals surface area contributed by atoms with Gasteiger partial charge in [0.25, 0.3) is 5.91 Å². The minimum absolute atomic E-state index is 0.164. The van der Waals surface area contributed by atoms with E-state index >= 15 is 0 Å². The highest BCUT2D eigenvalue weighted by Gasteiger charge is 2.21. The van der Waals surface area contributed by atoms with Crippen molar-refractivity contribution in [3.63, 3.8) is 0 Å². The summed E-state index contributed by atoms with van der Waals surface area (Å²) in [5.41, 5.74) is 0.819. The normalized spacial score (nSPS) is 15.1. The van der Waals surface area contributed by atoms with Crippen LogP contribution >= 0.6 is 0 Å². The minimum atomic E-state index is -0.573. The van der Waals surface area contributed by atoms with Gasteiger partial charge in [0.05, 0.1) is 5.56 Å². The Balaban J connectivity index is 1.87. The van der Waals surface area contributed by atoms with E-state index in [0.717, 1.165) is 25.9 Å². The van der Waals surface area contributed by atoms with E-state index in [1.807, 2.05) is 0 Å². The Hall–Kier alpha value is -2.37. The summed E-state index contributed by atoms with van der Waals surface area (Å²) in [4.78, 5) is 36.8. The van der Waals surface area contributed by atoms with Gasteiger partial charge in [-0.05, 0) is 37.0 Å². The second kappa shape index (κ2) is 7.76. The SMILES string of the molecule is CC(=O)Nc1cccc(C(=O)OCC(=O)N2CCC(C)CC2)c1. The zero-order valence-corrected chi connectivity index (χ0v) is 13.5. The van der Waals surface area contributed by atoms with Crippen LogP contribution in [0.25, 0.3) is 0 Å². The van der Waals surface area contributed by atoms with E-state index in [9.17, 15) is 14.4 Å². The standard InChI is InChI=1S/C17H22N2O4/c1-12-6-8-19(9-7-12)16(21)11-23-17(22)14-4-3-5-15(10-14)18-13(2)20/h3-5,10,12H,6-9,11H2,1-2H3,(H,18,20). The number of ether oxygens (including phenoxy) is 1. The summed E-state index contributed by atoms with van der Waals surface area (Å²) < 4.78 is 5.09. The molecule has 1 N–H and O–H groups in total. The molecule has 1 aliphatic rings. The average Bonchev–Trinajstić information content (AvgIpc) is 2.52. The summed E-state index contributed by atoms with van der Waals surface area (Å²) in [6.45, 7) is 4.75. The molecular formula is C17H22N2O4. The third-order valence-electron chi connectivity index (χ3n) is 3.88. The number of hydrogen-bond donors (Lipinski definition) is 1. The van der Waals surface area contributed by atoms with Crippen molar-refractivity contribution in [3.8, 4) is 0 Å². The smallest absolute Gasteiger partial charge is 0.338 e. The molecule has 23 heavy (non-hydrogen) atoms. The molecule has 0 aromatic heterocycles. The van der Waals surface area contributed by atoms with Crippen molar-refractivity contribution >= 4 is 23.5 Å². The molecule has 0 atom stereocenters. The number of hydrogen-bond acceptors (Lipinski definition) is 4. The fourth-order valence-corrected chi connectivity index (χ4v) is 2.49. The van der Waals surface area contributed by atoms with E-state index in [2.05, 4.69) is 12.2 Å². The van der Waals surface area contributed by atoms with Crippen LogP contribution in [0.2, 0.25) is 0 Å². The van der Waals surface area contributed by atoms with Gasteiger partial charge in [0.2, 0.25) is 5.91 Å². The maximum absolute atomic E-state index is 12.0. The van der Waals surface area contributed by atoms with Gasteiger partial charge >= 0.3 is 5.97 Å². The van der Waals surface area contributed by atoms with Crippen LogP contribution in [0.1, 0.15) is 37.0 Å². The molecule has 1 aliphatic heterocycles. The summed E-state index contributed by atoms with van der Waals surface area (Å²) in [5.74, 6) is -0.317.